The van der Waals surface area contributed by atoms with Gasteiger partial charge in [-0.1, -0.05) is 51.1 Å². The van der Waals surface area contributed by atoms with Gasteiger partial charge in [0.15, 0.2) is 0 Å². The number of likely N-dealkylation sites (tertiary alicyclic amines) is 1. The van der Waals surface area contributed by atoms with Gasteiger partial charge in [0.25, 0.3) is 5.91 Å². The third-order valence-electron chi connectivity index (χ3n) is 4.47. The number of hydrogen-bond acceptors (Lipinski definition) is 3. The normalized spacial score (nSPS) is 18.4. The van der Waals surface area contributed by atoms with Crippen molar-refractivity contribution in [3.05, 3.63) is 42.1 Å². The lowest BCUT2D eigenvalue weighted by molar-refractivity contribution is 0.0634. The lowest BCUT2D eigenvalue weighted by Gasteiger charge is -2.36. The molecule has 1 aromatic heterocycles. The van der Waals surface area contributed by atoms with Gasteiger partial charge in [-0.05, 0) is 25.3 Å². The molecule has 1 saturated heterocycles. The molecule has 0 saturated carbocycles. The first-order valence-corrected chi connectivity index (χ1v) is 9.98. The topological polar surface area (TPSA) is 49.0 Å². The molecule has 1 amide bonds. The Morgan fingerprint density at radius 3 is 2.76 bits per heavy atom. The number of aromatic amines is 1. The molecular weight excluding hydrogens is 330 g/mol. The fraction of sp³-hybridized carbons (Fsp3) is 0.500. The minimum atomic E-state index is 0.0777. The summed E-state index contributed by atoms with van der Waals surface area (Å²) >= 11 is 1.94. The Morgan fingerprint density at radius 1 is 1.28 bits per heavy atom. The van der Waals surface area contributed by atoms with Crippen molar-refractivity contribution in [1.82, 2.24) is 15.1 Å². The zero-order chi connectivity index (χ0) is 17.9. The van der Waals surface area contributed by atoms with Gasteiger partial charge >= 0.3 is 0 Å². The number of carbonyl (C=O) groups is 1. The summed E-state index contributed by atoms with van der Waals surface area (Å²) in [6.45, 7) is 7.53. The largest absolute Gasteiger partial charge is 0.334 e. The van der Waals surface area contributed by atoms with E-state index in [0.717, 1.165) is 36.4 Å². The van der Waals surface area contributed by atoms with Crippen molar-refractivity contribution in [2.45, 2.75) is 50.8 Å². The van der Waals surface area contributed by atoms with Gasteiger partial charge in [0.1, 0.15) is 5.69 Å². The smallest absolute Gasteiger partial charge is 0.272 e. The highest BCUT2D eigenvalue weighted by atomic mass is 32.2. The zero-order valence-electron chi connectivity index (χ0n) is 15.3. The van der Waals surface area contributed by atoms with Crippen molar-refractivity contribution in [3.63, 3.8) is 0 Å². The Balaban J connectivity index is 1.73. The van der Waals surface area contributed by atoms with Gasteiger partial charge in [-0.3, -0.25) is 9.89 Å². The Labute approximate surface area is 154 Å². The van der Waals surface area contributed by atoms with E-state index in [1.807, 2.05) is 53.1 Å². The van der Waals surface area contributed by atoms with E-state index in [9.17, 15) is 4.79 Å². The molecule has 0 radical (unpaired) electrons. The van der Waals surface area contributed by atoms with Crippen LogP contribution in [0.25, 0.3) is 11.3 Å². The van der Waals surface area contributed by atoms with E-state index in [4.69, 9.17) is 0 Å². The fourth-order valence-corrected chi connectivity index (χ4v) is 4.17. The van der Waals surface area contributed by atoms with Gasteiger partial charge in [0.05, 0.1) is 5.69 Å². The monoisotopic (exact) mass is 357 g/mol. The number of piperidine rings is 1. The molecule has 0 bridgehead atoms. The van der Waals surface area contributed by atoms with Crippen LogP contribution < -0.4 is 0 Å². The van der Waals surface area contributed by atoms with E-state index in [1.54, 1.807) is 0 Å². The number of thioether (sulfide) groups is 1. The van der Waals surface area contributed by atoms with Crippen molar-refractivity contribution >= 4 is 17.7 Å². The van der Waals surface area contributed by atoms with Crippen molar-refractivity contribution in [2.75, 3.05) is 12.3 Å². The summed E-state index contributed by atoms with van der Waals surface area (Å²) in [6.07, 6.45) is 3.38. The molecule has 25 heavy (non-hydrogen) atoms. The van der Waals surface area contributed by atoms with Crippen molar-refractivity contribution < 1.29 is 4.79 Å². The minimum Gasteiger partial charge on any atom is -0.334 e. The van der Waals surface area contributed by atoms with E-state index >= 15 is 0 Å². The predicted octanol–water partition coefficient (Wildman–Crippen LogP) is 4.60. The van der Waals surface area contributed by atoms with Gasteiger partial charge in [-0.2, -0.15) is 16.9 Å². The standard InChI is InChI=1S/C20H27N3OS/c1-20(2,3)25-14-16-11-7-8-12-23(16)19(24)18-13-17(21-22-18)15-9-5-4-6-10-15/h4-6,9-10,13,16H,7-8,11-12,14H2,1-3H3,(H,21,22). The van der Waals surface area contributed by atoms with E-state index in [-0.39, 0.29) is 10.7 Å². The van der Waals surface area contributed by atoms with Crippen molar-refractivity contribution in [1.29, 1.82) is 0 Å². The molecule has 1 aromatic carbocycles. The number of hydrogen-bond donors (Lipinski definition) is 1. The van der Waals surface area contributed by atoms with Gasteiger partial charge in [0.2, 0.25) is 0 Å². The maximum Gasteiger partial charge on any atom is 0.272 e. The number of aromatic nitrogens is 2. The first kappa shape index (κ1) is 18.1. The van der Waals surface area contributed by atoms with Crippen LogP contribution in [0.3, 0.4) is 0 Å². The number of amides is 1. The molecule has 1 aliphatic rings. The van der Waals surface area contributed by atoms with Crippen molar-refractivity contribution in [2.24, 2.45) is 0 Å². The molecule has 134 valence electrons. The SMILES string of the molecule is CC(C)(C)SCC1CCCCN1C(=O)c1cc(-c2ccccc2)n[nH]1. The summed E-state index contributed by atoms with van der Waals surface area (Å²) in [5.41, 5.74) is 2.43. The second-order valence-electron chi connectivity index (χ2n) is 7.60. The van der Waals surface area contributed by atoms with Crippen LogP contribution in [0.5, 0.6) is 0 Å². The second-order valence-corrected chi connectivity index (χ2v) is 9.45. The van der Waals surface area contributed by atoms with Gasteiger partial charge < -0.3 is 4.90 Å². The molecule has 1 aliphatic heterocycles. The maximum absolute atomic E-state index is 13.0. The third-order valence-corrected chi connectivity index (χ3v) is 5.89. The number of nitrogens with one attached hydrogen (secondary N) is 1. The third kappa shape index (κ3) is 4.66. The minimum absolute atomic E-state index is 0.0777. The molecule has 3 rings (SSSR count). The van der Waals surface area contributed by atoms with Crippen LogP contribution in [-0.4, -0.2) is 44.1 Å². The molecule has 1 atom stereocenters. The van der Waals surface area contributed by atoms with Crippen LogP contribution in [0.1, 0.15) is 50.5 Å². The van der Waals surface area contributed by atoms with E-state index in [2.05, 4.69) is 31.0 Å². The molecule has 1 fully saturated rings. The van der Waals surface area contributed by atoms with Gasteiger partial charge in [0, 0.05) is 28.6 Å². The molecule has 0 spiro atoms. The Morgan fingerprint density at radius 2 is 2.04 bits per heavy atom. The van der Waals surface area contributed by atoms with Crippen LogP contribution in [0.15, 0.2) is 36.4 Å². The lowest BCUT2D eigenvalue weighted by atomic mass is 10.0. The van der Waals surface area contributed by atoms with Crippen LogP contribution >= 0.6 is 11.8 Å². The van der Waals surface area contributed by atoms with E-state index in [1.165, 1.54) is 6.42 Å². The highest BCUT2D eigenvalue weighted by Gasteiger charge is 2.29. The number of carbonyl (C=O) groups excluding carboxylic acids is 1. The van der Waals surface area contributed by atoms with Crippen LogP contribution in [-0.2, 0) is 0 Å². The van der Waals surface area contributed by atoms with Crippen molar-refractivity contribution in [3.8, 4) is 11.3 Å². The molecule has 5 heteroatoms. The molecule has 4 nitrogen and oxygen atoms in total. The summed E-state index contributed by atoms with van der Waals surface area (Å²) in [7, 11) is 0. The molecule has 2 aromatic rings. The number of H-pyrrole nitrogens is 1. The average molecular weight is 358 g/mol. The summed E-state index contributed by atoms with van der Waals surface area (Å²) in [5, 5.41) is 7.28. The second kappa shape index (κ2) is 7.65. The Bertz CT molecular complexity index is 705. The zero-order valence-corrected chi connectivity index (χ0v) is 16.1. The predicted molar refractivity (Wildman–Crippen MR) is 105 cm³/mol. The molecule has 1 unspecified atom stereocenters. The molecular formula is C20H27N3OS. The first-order valence-electron chi connectivity index (χ1n) is 9.00. The number of rotatable bonds is 4. The van der Waals surface area contributed by atoms with E-state index in [0.29, 0.717) is 11.7 Å². The highest BCUT2D eigenvalue weighted by Crippen LogP contribution is 2.29. The van der Waals surface area contributed by atoms with E-state index < -0.39 is 0 Å². The maximum atomic E-state index is 13.0. The Hall–Kier alpha value is -1.75. The summed E-state index contributed by atoms with van der Waals surface area (Å²) in [5.74, 6) is 1.07. The number of benzene rings is 1. The number of nitrogens with zero attached hydrogens (tertiary/aromatic N) is 2. The van der Waals surface area contributed by atoms with Crippen LogP contribution in [0.2, 0.25) is 0 Å². The molecule has 2 heterocycles. The molecule has 0 aliphatic carbocycles. The van der Waals surface area contributed by atoms with Gasteiger partial charge in [-0.15, -0.1) is 0 Å². The molecule has 1 N–H and O–H groups in total. The lowest BCUT2D eigenvalue weighted by Crippen LogP contribution is -2.45. The van der Waals surface area contributed by atoms with Gasteiger partial charge in [-0.25, -0.2) is 0 Å². The Kier molecular flexibility index (Phi) is 5.52. The summed E-state index contributed by atoms with van der Waals surface area (Å²) in [4.78, 5) is 15.1. The summed E-state index contributed by atoms with van der Waals surface area (Å²) in [6, 6.07) is 12.1. The first-order chi connectivity index (χ1) is 11.9. The van der Waals surface area contributed by atoms with Crippen LogP contribution in [0.4, 0.5) is 0 Å². The fourth-order valence-electron chi connectivity index (χ4n) is 3.13. The quantitative estimate of drug-likeness (QED) is 0.870. The summed E-state index contributed by atoms with van der Waals surface area (Å²) < 4.78 is 0.223. The highest BCUT2D eigenvalue weighted by molar-refractivity contribution is 8.00. The average Bonchev–Trinajstić information content (AvgIpc) is 3.10. The van der Waals surface area contributed by atoms with Crippen LogP contribution in [0, 0.1) is 0 Å².